The number of likely N-dealkylation sites (tertiary alicyclic amines) is 1. The first-order chi connectivity index (χ1) is 10.3. The van der Waals surface area contributed by atoms with Crippen LogP contribution in [0.1, 0.15) is 58.3 Å². The van der Waals surface area contributed by atoms with Crippen LogP contribution in [0.5, 0.6) is 0 Å². The lowest BCUT2D eigenvalue weighted by molar-refractivity contribution is -0.136. The summed E-state index contributed by atoms with van der Waals surface area (Å²) < 4.78 is 0. The Balaban J connectivity index is 1.90. The molecule has 21 heavy (non-hydrogen) atoms. The molecule has 1 unspecified atom stereocenters. The summed E-state index contributed by atoms with van der Waals surface area (Å²) in [6, 6.07) is 1.04. The van der Waals surface area contributed by atoms with Gasteiger partial charge in [0.2, 0.25) is 5.91 Å². The molecule has 1 heterocycles. The molecule has 0 aromatic heterocycles. The molecule has 122 valence electrons. The molecule has 0 spiro atoms. The van der Waals surface area contributed by atoms with E-state index in [1.54, 1.807) is 0 Å². The first kappa shape index (κ1) is 16.8. The van der Waals surface area contributed by atoms with Gasteiger partial charge in [0.05, 0.1) is 6.54 Å². The zero-order valence-corrected chi connectivity index (χ0v) is 13.9. The van der Waals surface area contributed by atoms with Crippen molar-refractivity contribution in [3.8, 4) is 0 Å². The quantitative estimate of drug-likeness (QED) is 0.816. The highest BCUT2D eigenvalue weighted by Gasteiger charge is 2.28. The van der Waals surface area contributed by atoms with Gasteiger partial charge in [-0.3, -0.25) is 9.69 Å². The van der Waals surface area contributed by atoms with E-state index in [1.807, 2.05) is 7.05 Å². The van der Waals surface area contributed by atoms with E-state index in [1.165, 1.54) is 51.4 Å². The van der Waals surface area contributed by atoms with Gasteiger partial charge in [-0.05, 0) is 46.2 Å². The third-order valence-corrected chi connectivity index (χ3v) is 5.20. The van der Waals surface area contributed by atoms with Crippen LogP contribution < -0.4 is 5.32 Å². The van der Waals surface area contributed by atoms with Crippen LogP contribution in [0.2, 0.25) is 0 Å². The van der Waals surface area contributed by atoms with Gasteiger partial charge >= 0.3 is 0 Å². The molecule has 0 bridgehead atoms. The molecular weight excluding hydrogens is 262 g/mol. The van der Waals surface area contributed by atoms with Gasteiger partial charge in [-0.15, -0.1) is 0 Å². The fourth-order valence-corrected chi connectivity index (χ4v) is 4.03. The SMILES string of the molecule is CCN(C(=O)CN1CCCCC1CNC)C1CCCCC1. The van der Waals surface area contributed by atoms with E-state index in [2.05, 4.69) is 22.0 Å². The van der Waals surface area contributed by atoms with Crippen molar-refractivity contribution in [1.82, 2.24) is 15.1 Å². The molecule has 2 fully saturated rings. The predicted octanol–water partition coefficient (Wildman–Crippen LogP) is 2.24. The second kappa shape index (κ2) is 8.74. The lowest BCUT2D eigenvalue weighted by Gasteiger charge is -2.39. The Hall–Kier alpha value is -0.610. The number of amides is 1. The van der Waals surface area contributed by atoms with E-state index in [0.717, 1.165) is 19.6 Å². The van der Waals surface area contributed by atoms with Gasteiger partial charge in [-0.1, -0.05) is 25.7 Å². The van der Waals surface area contributed by atoms with Crippen molar-refractivity contribution in [3.05, 3.63) is 0 Å². The molecule has 0 aromatic rings. The Morgan fingerprint density at radius 1 is 1.14 bits per heavy atom. The highest BCUT2D eigenvalue weighted by Crippen LogP contribution is 2.23. The van der Waals surface area contributed by atoms with Crippen molar-refractivity contribution < 1.29 is 4.79 Å². The van der Waals surface area contributed by atoms with E-state index in [0.29, 0.717) is 24.5 Å². The normalized spacial score (nSPS) is 25.0. The molecule has 4 heteroatoms. The van der Waals surface area contributed by atoms with Gasteiger partial charge in [-0.2, -0.15) is 0 Å². The molecule has 0 radical (unpaired) electrons. The van der Waals surface area contributed by atoms with Crippen molar-refractivity contribution in [3.63, 3.8) is 0 Å². The van der Waals surface area contributed by atoms with Crippen LogP contribution in [0.15, 0.2) is 0 Å². The number of piperidine rings is 1. The molecule has 1 N–H and O–H groups in total. The Morgan fingerprint density at radius 2 is 1.86 bits per heavy atom. The number of rotatable bonds is 6. The topological polar surface area (TPSA) is 35.6 Å². The molecule has 1 saturated heterocycles. The lowest BCUT2D eigenvalue weighted by atomic mass is 9.94. The monoisotopic (exact) mass is 295 g/mol. The fourth-order valence-electron chi connectivity index (χ4n) is 4.03. The Bertz CT molecular complexity index is 313. The zero-order valence-electron chi connectivity index (χ0n) is 13.9. The number of hydrogen-bond acceptors (Lipinski definition) is 3. The van der Waals surface area contributed by atoms with Crippen molar-refractivity contribution in [1.29, 1.82) is 0 Å². The summed E-state index contributed by atoms with van der Waals surface area (Å²) in [6.07, 6.45) is 10.1. The standard InChI is InChI=1S/C17H33N3O/c1-3-20(15-9-5-4-6-10-15)17(21)14-19-12-8-7-11-16(19)13-18-2/h15-16,18H,3-14H2,1-2H3. The Morgan fingerprint density at radius 3 is 2.52 bits per heavy atom. The third kappa shape index (κ3) is 4.68. The molecule has 4 nitrogen and oxygen atoms in total. The molecule has 1 amide bonds. The molecular formula is C17H33N3O. The van der Waals surface area contributed by atoms with Crippen molar-refractivity contribution >= 4 is 5.91 Å². The molecule has 1 atom stereocenters. The molecule has 1 aliphatic heterocycles. The van der Waals surface area contributed by atoms with Crippen LogP contribution in [0.25, 0.3) is 0 Å². The summed E-state index contributed by atoms with van der Waals surface area (Å²) >= 11 is 0. The number of likely N-dealkylation sites (N-methyl/N-ethyl adjacent to an activating group) is 2. The number of hydrogen-bond donors (Lipinski definition) is 1. The van der Waals surface area contributed by atoms with Gasteiger partial charge in [0.1, 0.15) is 0 Å². The van der Waals surface area contributed by atoms with E-state index in [9.17, 15) is 4.79 Å². The smallest absolute Gasteiger partial charge is 0.236 e. The van der Waals surface area contributed by atoms with E-state index in [4.69, 9.17) is 0 Å². The van der Waals surface area contributed by atoms with Crippen molar-refractivity contribution in [2.75, 3.05) is 33.2 Å². The summed E-state index contributed by atoms with van der Waals surface area (Å²) in [7, 11) is 2.01. The summed E-state index contributed by atoms with van der Waals surface area (Å²) in [5, 5.41) is 3.28. The van der Waals surface area contributed by atoms with Crippen molar-refractivity contribution in [2.45, 2.75) is 70.4 Å². The van der Waals surface area contributed by atoms with Crippen molar-refractivity contribution in [2.24, 2.45) is 0 Å². The summed E-state index contributed by atoms with van der Waals surface area (Å²) in [5.74, 6) is 0.354. The third-order valence-electron chi connectivity index (χ3n) is 5.20. The highest BCUT2D eigenvalue weighted by atomic mass is 16.2. The zero-order chi connectivity index (χ0) is 15.1. The van der Waals surface area contributed by atoms with Gasteiger partial charge in [-0.25, -0.2) is 0 Å². The van der Waals surface area contributed by atoms with E-state index >= 15 is 0 Å². The van der Waals surface area contributed by atoms with E-state index < -0.39 is 0 Å². The predicted molar refractivity (Wildman–Crippen MR) is 87.4 cm³/mol. The molecule has 2 rings (SSSR count). The van der Waals surface area contributed by atoms with Gasteiger partial charge in [0.15, 0.2) is 0 Å². The van der Waals surface area contributed by atoms with Crippen LogP contribution in [0.4, 0.5) is 0 Å². The fraction of sp³-hybridized carbons (Fsp3) is 0.941. The Labute approximate surface area is 130 Å². The number of carbonyl (C=O) groups is 1. The minimum Gasteiger partial charge on any atom is -0.339 e. The van der Waals surface area contributed by atoms with Gasteiger partial charge < -0.3 is 10.2 Å². The lowest BCUT2D eigenvalue weighted by Crippen LogP contribution is -2.51. The molecule has 0 aromatic carbocycles. The maximum Gasteiger partial charge on any atom is 0.236 e. The number of nitrogens with one attached hydrogen (secondary N) is 1. The number of carbonyl (C=O) groups excluding carboxylic acids is 1. The average molecular weight is 295 g/mol. The average Bonchev–Trinajstić information content (AvgIpc) is 2.51. The summed E-state index contributed by atoms with van der Waals surface area (Å²) in [6.45, 7) is 5.71. The van der Waals surface area contributed by atoms with Crippen LogP contribution in [0.3, 0.4) is 0 Å². The highest BCUT2D eigenvalue weighted by molar-refractivity contribution is 5.78. The molecule has 1 saturated carbocycles. The van der Waals surface area contributed by atoms with Crippen LogP contribution in [-0.4, -0.2) is 61.0 Å². The second-order valence-corrected chi connectivity index (χ2v) is 6.65. The van der Waals surface area contributed by atoms with Crippen LogP contribution in [-0.2, 0) is 4.79 Å². The molecule has 1 aliphatic carbocycles. The number of nitrogens with zero attached hydrogens (tertiary/aromatic N) is 2. The summed E-state index contributed by atoms with van der Waals surface area (Å²) in [5.41, 5.74) is 0. The largest absolute Gasteiger partial charge is 0.339 e. The minimum absolute atomic E-state index is 0.354. The summed E-state index contributed by atoms with van der Waals surface area (Å²) in [4.78, 5) is 17.3. The maximum atomic E-state index is 12.8. The van der Waals surface area contributed by atoms with E-state index in [-0.39, 0.29) is 0 Å². The maximum absolute atomic E-state index is 12.8. The van der Waals surface area contributed by atoms with Gasteiger partial charge in [0, 0.05) is 25.2 Å². The first-order valence-corrected chi connectivity index (χ1v) is 8.94. The Kier molecular flexibility index (Phi) is 6.97. The van der Waals surface area contributed by atoms with Crippen LogP contribution >= 0.6 is 0 Å². The van der Waals surface area contributed by atoms with Gasteiger partial charge in [0.25, 0.3) is 0 Å². The first-order valence-electron chi connectivity index (χ1n) is 8.94. The van der Waals surface area contributed by atoms with Crippen LogP contribution in [0, 0.1) is 0 Å². The minimum atomic E-state index is 0.354. The molecule has 2 aliphatic rings. The second-order valence-electron chi connectivity index (χ2n) is 6.65.